The van der Waals surface area contributed by atoms with E-state index in [0.717, 1.165) is 13.1 Å². The fourth-order valence-electron chi connectivity index (χ4n) is 5.23. The first-order chi connectivity index (χ1) is 19.0. The summed E-state index contributed by atoms with van der Waals surface area (Å²) < 4.78 is 0. The summed E-state index contributed by atoms with van der Waals surface area (Å²) in [6.07, 6.45) is 0. The number of benzene rings is 3. The number of rotatable bonds is 7. The zero-order chi connectivity index (χ0) is 27.2. The summed E-state index contributed by atoms with van der Waals surface area (Å²) in [6.45, 7) is 6.62. The van der Waals surface area contributed by atoms with Crippen molar-refractivity contribution in [3.05, 3.63) is 111 Å². The van der Waals surface area contributed by atoms with E-state index >= 15 is 0 Å². The van der Waals surface area contributed by atoms with Crippen molar-refractivity contribution in [1.29, 1.82) is 0 Å². The number of carbonyl (C=O) groups excluding carboxylic acids is 2. The molecule has 9 heteroatoms. The van der Waals surface area contributed by atoms with E-state index in [1.54, 1.807) is 9.80 Å². The minimum Gasteiger partial charge on any atom is -0.336 e. The van der Waals surface area contributed by atoms with Crippen LogP contribution in [0.4, 0.5) is 5.69 Å². The molecule has 2 heterocycles. The first kappa shape index (κ1) is 26.5. The van der Waals surface area contributed by atoms with Crippen LogP contribution in [0.1, 0.15) is 31.8 Å². The molecule has 2 saturated heterocycles. The fraction of sp³-hybridized carbons (Fsp3) is 0.333. The lowest BCUT2D eigenvalue weighted by atomic mass is 10.1. The Morgan fingerprint density at radius 1 is 0.615 bits per heavy atom. The molecule has 0 aliphatic carbocycles. The van der Waals surface area contributed by atoms with Gasteiger partial charge in [-0.05, 0) is 17.2 Å². The van der Waals surface area contributed by atoms with E-state index in [2.05, 4.69) is 34.1 Å². The highest BCUT2D eigenvalue weighted by Crippen LogP contribution is 2.22. The zero-order valence-electron chi connectivity index (χ0n) is 21.9. The predicted molar refractivity (Wildman–Crippen MR) is 148 cm³/mol. The maximum absolute atomic E-state index is 13.4. The number of hydrogen-bond acceptors (Lipinski definition) is 6. The normalized spacial score (nSPS) is 16.7. The smallest absolute Gasteiger partial charge is 0.271 e. The molecule has 0 saturated carbocycles. The van der Waals surface area contributed by atoms with Crippen LogP contribution in [0, 0.1) is 10.1 Å². The summed E-state index contributed by atoms with van der Waals surface area (Å²) in [4.78, 5) is 45.9. The maximum Gasteiger partial charge on any atom is 0.271 e. The molecular weight excluding hydrogens is 494 g/mol. The third kappa shape index (κ3) is 6.68. The highest BCUT2D eigenvalue weighted by molar-refractivity contribution is 6.00. The van der Waals surface area contributed by atoms with E-state index in [0.29, 0.717) is 52.4 Å². The fourth-order valence-corrected chi connectivity index (χ4v) is 5.23. The van der Waals surface area contributed by atoms with Crippen LogP contribution in [0.2, 0.25) is 0 Å². The molecule has 3 aromatic rings. The lowest BCUT2D eigenvalue weighted by Crippen LogP contribution is -2.48. The summed E-state index contributed by atoms with van der Waals surface area (Å²) in [5, 5.41) is 11.7. The second kappa shape index (κ2) is 12.2. The molecule has 2 aliphatic heterocycles. The Bertz CT molecular complexity index is 1210. The van der Waals surface area contributed by atoms with Crippen molar-refractivity contribution >= 4 is 17.5 Å². The summed E-state index contributed by atoms with van der Waals surface area (Å²) in [6, 6.07) is 24.5. The molecule has 39 heavy (non-hydrogen) atoms. The lowest BCUT2D eigenvalue weighted by Gasteiger charge is -2.35. The molecule has 9 nitrogen and oxygen atoms in total. The molecule has 202 valence electrons. The highest BCUT2D eigenvalue weighted by atomic mass is 16.6. The van der Waals surface area contributed by atoms with Crippen molar-refractivity contribution in [1.82, 2.24) is 19.6 Å². The molecule has 3 aromatic carbocycles. The third-order valence-electron chi connectivity index (χ3n) is 7.44. The van der Waals surface area contributed by atoms with Crippen LogP contribution in [0.5, 0.6) is 0 Å². The molecule has 5 rings (SSSR count). The van der Waals surface area contributed by atoms with E-state index in [-0.39, 0.29) is 28.6 Å². The molecule has 2 aliphatic rings. The summed E-state index contributed by atoms with van der Waals surface area (Å²) in [7, 11) is 0. The molecule has 0 unspecified atom stereocenters. The quantitative estimate of drug-likeness (QED) is 0.345. The lowest BCUT2D eigenvalue weighted by molar-refractivity contribution is -0.384. The average Bonchev–Trinajstić information content (AvgIpc) is 2.98. The number of amides is 2. The van der Waals surface area contributed by atoms with Gasteiger partial charge in [-0.3, -0.25) is 29.5 Å². The second-order valence-corrected chi connectivity index (χ2v) is 10.1. The SMILES string of the molecule is O=C(c1cc(C(=O)N2CCN(Cc3ccccc3)CC2)cc([N+](=O)[O-])c1)N1CCN(Cc2ccccc2)CC1. The molecule has 0 atom stereocenters. The van der Waals surface area contributed by atoms with Gasteiger partial charge in [0.2, 0.25) is 0 Å². The van der Waals surface area contributed by atoms with Crippen LogP contribution in [-0.2, 0) is 13.1 Å². The van der Waals surface area contributed by atoms with Gasteiger partial charge in [-0.25, -0.2) is 0 Å². The number of nitro groups is 1. The van der Waals surface area contributed by atoms with E-state index < -0.39 is 4.92 Å². The molecule has 0 bridgehead atoms. The molecule has 2 amide bonds. The minimum absolute atomic E-state index is 0.187. The van der Waals surface area contributed by atoms with Crippen LogP contribution in [-0.4, -0.2) is 88.7 Å². The molecule has 0 N–H and O–H groups in total. The van der Waals surface area contributed by atoms with Gasteiger partial charge >= 0.3 is 0 Å². The first-order valence-corrected chi connectivity index (χ1v) is 13.4. The number of carbonyl (C=O) groups is 2. The van der Waals surface area contributed by atoms with Crippen molar-refractivity contribution in [2.75, 3.05) is 52.4 Å². The number of nitro benzene ring substituents is 1. The van der Waals surface area contributed by atoms with Gasteiger partial charge in [0.05, 0.1) is 4.92 Å². The Hall–Kier alpha value is -4.08. The van der Waals surface area contributed by atoms with Gasteiger partial charge in [0.15, 0.2) is 0 Å². The number of piperazine rings is 2. The van der Waals surface area contributed by atoms with Gasteiger partial charge in [-0.15, -0.1) is 0 Å². The van der Waals surface area contributed by atoms with Crippen molar-refractivity contribution in [2.24, 2.45) is 0 Å². The van der Waals surface area contributed by atoms with E-state index in [1.165, 1.54) is 29.3 Å². The van der Waals surface area contributed by atoms with Crippen LogP contribution in [0.3, 0.4) is 0 Å². The zero-order valence-corrected chi connectivity index (χ0v) is 21.9. The monoisotopic (exact) mass is 527 g/mol. The van der Waals surface area contributed by atoms with Crippen molar-refractivity contribution in [2.45, 2.75) is 13.1 Å². The molecule has 0 radical (unpaired) electrons. The Balaban J connectivity index is 1.22. The van der Waals surface area contributed by atoms with Gasteiger partial charge in [-0.1, -0.05) is 60.7 Å². The number of nitrogens with zero attached hydrogens (tertiary/aromatic N) is 5. The number of hydrogen-bond donors (Lipinski definition) is 0. The second-order valence-electron chi connectivity index (χ2n) is 10.1. The summed E-state index contributed by atoms with van der Waals surface area (Å²) in [5.74, 6) is -0.556. The van der Waals surface area contributed by atoms with Crippen molar-refractivity contribution < 1.29 is 14.5 Å². The Labute approximate surface area is 228 Å². The van der Waals surface area contributed by atoms with Crippen LogP contribution >= 0.6 is 0 Å². The number of non-ortho nitro benzene ring substituents is 1. The predicted octanol–water partition coefficient (Wildman–Crippen LogP) is 3.51. The van der Waals surface area contributed by atoms with E-state index in [1.807, 2.05) is 36.4 Å². The van der Waals surface area contributed by atoms with Gasteiger partial charge in [-0.2, -0.15) is 0 Å². The van der Waals surface area contributed by atoms with Gasteiger partial charge in [0, 0.05) is 88.7 Å². The maximum atomic E-state index is 13.4. The molecular formula is C30H33N5O4. The average molecular weight is 528 g/mol. The standard InChI is InChI=1S/C30H33N5O4/c36-29(33-15-11-31(12-16-33)22-24-7-3-1-4-8-24)26-19-27(21-28(20-26)35(38)39)30(37)34-17-13-32(14-18-34)23-25-9-5-2-6-10-25/h1-10,19-21H,11-18,22-23H2. The summed E-state index contributed by atoms with van der Waals surface area (Å²) in [5.41, 5.74) is 2.58. The van der Waals surface area contributed by atoms with E-state index in [9.17, 15) is 19.7 Å². The molecule has 2 fully saturated rings. The minimum atomic E-state index is -0.539. The van der Waals surface area contributed by atoms with Crippen LogP contribution in [0.25, 0.3) is 0 Å². The Morgan fingerprint density at radius 3 is 1.36 bits per heavy atom. The Kier molecular flexibility index (Phi) is 8.29. The van der Waals surface area contributed by atoms with Gasteiger partial charge in [0.1, 0.15) is 0 Å². The highest BCUT2D eigenvalue weighted by Gasteiger charge is 2.28. The first-order valence-electron chi connectivity index (χ1n) is 13.4. The van der Waals surface area contributed by atoms with Crippen molar-refractivity contribution in [3.8, 4) is 0 Å². The largest absolute Gasteiger partial charge is 0.336 e. The third-order valence-corrected chi connectivity index (χ3v) is 7.44. The summed E-state index contributed by atoms with van der Waals surface area (Å²) >= 11 is 0. The van der Waals surface area contributed by atoms with Gasteiger partial charge in [0.25, 0.3) is 17.5 Å². The van der Waals surface area contributed by atoms with Crippen molar-refractivity contribution in [3.63, 3.8) is 0 Å². The topological polar surface area (TPSA) is 90.2 Å². The van der Waals surface area contributed by atoms with Gasteiger partial charge < -0.3 is 9.80 Å². The van der Waals surface area contributed by atoms with Crippen LogP contribution < -0.4 is 0 Å². The van der Waals surface area contributed by atoms with Crippen LogP contribution in [0.15, 0.2) is 78.9 Å². The van der Waals surface area contributed by atoms with E-state index in [4.69, 9.17) is 0 Å². The Morgan fingerprint density at radius 2 is 1.00 bits per heavy atom. The molecule has 0 aromatic heterocycles. The molecule has 0 spiro atoms.